The Morgan fingerprint density at radius 3 is 0.905 bits per heavy atom. The second kappa shape index (κ2) is 60.3. The Kier molecular flexibility index (Phi) is 56.1. The van der Waals surface area contributed by atoms with E-state index in [2.05, 4.69) is 191 Å². The van der Waals surface area contributed by atoms with Crippen molar-refractivity contribution in [2.45, 2.75) is 226 Å². The monoisotopic (exact) mass is 1020 g/mol. The second-order valence-electron chi connectivity index (χ2n) is 18.4. The summed E-state index contributed by atoms with van der Waals surface area (Å²) in [6.45, 7) is 6.27. The van der Waals surface area contributed by atoms with Crippen LogP contribution >= 0.6 is 0 Å². The summed E-state index contributed by atoms with van der Waals surface area (Å²) in [5, 5.41) is 0. The molecule has 6 nitrogen and oxygen atoms in total. The van der Waals surface area contributed by atoms with Gasteiger partial charge in [-0.05, 0) is 148 Å². The predicted molar refractivity (Wildman–Crippen MR) is 320 cm³/mol. The number of carbonyl (C=O) groups is 3. The van der Waals surface area contributed by atoms with Crippen LogP contribution in [0.2, 0.25) is 0 Å². The van der Waals surface area contributed by atoms with Crippen LogP contribution in [-0.2, 0) is 28.6 Å². The summed E-state index contributed by atoms with van der Waals surface area (Å²) < 4.78 is 16.7. The van der Waals surface area contributed by atoms with Gasteiger partial charge in [-0.25, -0.2) is 0 Å². The lowest BCUT2D eigenvalue weighted by Crippen LogP contribution is -2.30. The quantitative estimate of drug-likeness (QED) is 0.0261. The zero-order valence-corrected chi connectivity index (χ0v) is 47.0. The molecule has 0 amide bonds. The normalized spacial score (nSPS) is 13.4. The topological polar surface area (TPSA) is 78.9 Å². The molecule has 0 rings (SSSR count). The fraction of sp³-hybridized carbons (Fsp3) is 0.544. The van der Waals surface area contributed by atoms with Crippen LogP contribution in [0.25, 0.3) is 0 Å². The number of rotatable bonds is 50. The first-order valence-corrected chi connectivity index (χ1v) is 29.1. The van der Waals surface area contributed by atoms with Gasteiger partial charge in [-0.15, -0.1) is 0 Å². The summed E-state index contributed by atoms with van der Waals surface area (Å²) in [6, 6.07) is 0. The van der Waals surface area contributed by atoms with Crippen molar-refractivity contribution in [1.29, 1.82) is 0 Å². The van der Waals surface area contributed by atoms with Crippen molar-refractivity contribution in [2.75, 3.05) is 13.2 Å². The van der Waals surface area contributed by atoms with Gasteiger partial charge in [0.1, 0.15) is 13.2 Å². The van der Waals surface area contributed by atoms with E-state index in [1.54, 1.807) is 0 Å². The third-order valence-corrected chi connectivity index (χ3v) is 11.4. The molecule has 0 aliphatic carbocycles. The Morgan fingerprint density at radius 1 is 0.284 bits per heavy atom. The molecule has 6 heteroatoms. The number of hydrogen-bond donors (Lipinski definition) is 0. The van der Waals surface area contributed by atoms with E-state index in [1.807, 2.05) is 0 Å². The largest absolute Gasteiger partial charge is 0.462 e. The van der Waals surface area contributed by atoms with Crippen LogP contribution in [0.15, 0.2) is 170 Å². The predicted octanol–water partition coefficient (Wildman–Crippen LogP) is 19.9. The van der Waals surface area contributed by atoms with E-state index in [0.29, 0.717) is 19.3 Å². The molecule has 0 aromatic rings. The van der Waals surface area contributed by atoms with E-state index >= 15 is 0 Å². The highest BCUT2D eigenvalue weighted by Crippen LogP contribution is 2.11. The van der Waals surface area contributed by atoms with Crippen molar-refractivity contribution in [2.24, 2.45) is 0 Å². The summed E-state index contributed by atoms with van der Waals surface area (Å²) in [7, 11) is 0. The van der Waals surface area contributed by atoms with Gasteiger partial charge in [0.15, 0.2) is 6.10 Å². The van der Waals surface area contributed by atoms with Crippen LogP contribution in [-0.4, -0.2) is 37.2 Å². The Balaban J connectivity index is 4.53. The zero-order chi connectivity index (χ0) is 53.6. The fourth-order valence-electron chi connectivity index (χ4n) is 7.13. The Bertz CT molecular complexity index is 1740. The first-order valence-electron chi connectivity index (χ1n) is 29.1. The first-order chi connectivity index (χ1) is 36.5. The summed E-state index contributed by atoms with van der Waals surface area (Å²) in [5.74, 6) is -1.05. The standard InChI is InChI=1S/C68H104O6/c1-4-7-10-13-16-19-22-25-27-29-30-31-32-33-34-35-36-37-38-40-41-43-46-49-52-55-58-61-67(70)73-64-65(63-72-66(69)60-57-54-51-48-45-24-21-18-15-12-9-6-3)74-68(71)62-59-56-53-50-47-44-42-39-28-26-23-20-17-14-11-8-5-2/h7-8,10-11,16-21,25-28,30-31,33-34,36-37,40-42,44,46,49-50,53,65H,4-6,9,12-15,22-24,29,32,35,38-39,43,45,47-48,51-52,54-64H2,1-3H3/b10-7-,11-8-,19-16-,20-17-,21-18-,27-25-,28-26-,31-30-,34-33-,37-36-,41-40-,44-42-,49-46-,53-50-. The lowest BCUT2D eigenvalue weighted by atomic mass is 10.1. The molecule has 1 atom stereocenters. The number of esters is 3. The van der Waals surface area contributed by atoms with Crippen LogP contribution in [0, 0.1) is 0 Å². The smallest absolute Gasteiger partial charge is 0.306 e. The van der Waals surface area contributed by atoms with Gasteiger partial charge in [0.2, 0.25) is 0 Å². The van der Waals surface area contributed by atoms with E-state index in [9.17, 15) is 14.4 Å². The van der Waals surface area contributed by atoms with E-state index < -0.39 is 6.10 Å². The molecule has 0 N–H and O–H groups in total. The molecule has 0 aliphatic rings. The molecule has 0 bridgehead atoms. The van der Waals surface area contributed by atoms with Gasteiger partial charge < -0.3 is 14.2 Å². The van der Waals surface area contributed by atoms with Crippen molar-refractivity contribution in [3.63, 3.8) is 0 Å². The Labute approximate surface area is 453 Å². The highest BCUT2D eigenvalue weighted by molar-refractivity contribution is 5.71. The van der Waals surface area contributed by atoms with Crippen LogP contribution in [0.3, 0.4) is 0 Å². The maximum Gasteiger partial charge on any atom is 0.306 e. The van der Waals surface area contributed by atoms with Crippen LogP contribution in [0.4, 0.5) is 0 Å². The van der Waals surface area contributed by atoms with E-state index in [0.717, 1.165) is 135 Å². The van der Waals surface area contributed by atoms with Gasteiger partial charge in [-0.1, -0.05) is 223 Å². The van der Waals surface area contributed by atoms with Gasteiger partial charge >= 0.3 is 17.9 Å². The third kappa shape index (κ3) is 57.7. The van der Waals surface area contributed by atoms with Gasteiger partial charge in [-0.3, -0.25) is 14.4 Å². The van der Waals surface area contributed by atoms with Crippen molar-refractivity contribution in [3.8, 4) is 0 Å². The zero-order valence-electron chi connectivity index (χ0n) is 47.0. The SMILES string of the molecule is CC/C=C\C/C=C\C/C=C\C/C=C\C/C=C\C/C=C\C/C=C\C/C=C\CCCCC(=O)OCC(COC(=O)CCCCCCC/C=C\CCCCC)OC(=O)CCC/C=C\C/C=C\C/C=C\C/C=C\C/C=C\CC. The third-order valence-electron chi connectivity index (χ3n) is 11.4. The maximum atomic E-state index is 12.8. The summed E-state index contributed by atoms with van der Waals surface area (Å²) >= 11 is 0. The highest BCUT2D eigenvalue weighted by atomic mass is 16.6. The Morgan fingerprint density at radius 2 is 0.541 bits per heavy atom. The molecule has 0 spiro atoms. The average molecular weight is 1020 g/mol. The molecule has 412 valence electrons. The lowest BCUT2D eigenvalue weighted by Gasteiger charge is -2.18. The average Bonchev–Trinajstić information content (AvgIpc) is 3.40. The molecule has 0 fully saturated rings. The number of carbonyl (C=O) groups excluding carboxylic acids is 3. The molecule has 0 saturated carbocycles. The summed E-state index contributed by atoms with van der Waals surface area (Å²) in [4.78, 5) is 38.1. The van der Waals surface area contributed by atoms with Crippen LogP contribution < -0.4 is 0 Å². The number of unbranched alkanes of at least 4 members (excludes halogenated alkanes) is 11. The number of ether oxygens (including phenoxy) is 3. The maximum absolute atomic E-state index is 12.8. The van der Waals surface area contributed by atoms with E-state index in [1.165, 1.54) is 32.1 Å². The van der Waals surface area contributed by atoms with Crippen LogP contribution in [0.5, 0.6) is 0 Å². The van der Waals surface area contributed by atoms with Crippen molar-refractivity contribution >= 4 is 17.9 Å². The first kappa shape index (κ1) is 68.8. The van der Waals surface area contributed by atoms with Gasteiger partial charge in [-0.2, -0.15) is 0 Å². The molecule has 0 aromatic carbocycles. The van der Waals surface area contributed by atoms with Crippen molar-refractivity contribution in [1.82, 2.24) is 0 Å². The minimum atomic E-state index is -0.838. The van der Waals surface area contributed by atoms with Crippen molar-refractivity contribution < 1.29 is 28.6 Å². The molecule has 0 aromatic heterocycles. The number of allylic oxidation sites excluding steroid dienone is 28. The summed E-state index contributed by atoms with van der Waals surface area (Å²) in [6.07, 6.45) is 89.3. The number of hydrogen-bond acceptors (Lipinski definition) is 6. The fourth-order valence-corrected chi connectivity index (χ4v) is 7.13. The van der Waals surface area contributed by atoms with Gasteiger partial charge in [0.25, 0.3) is 0 Å². The molecular weight excluding hydrogens is 913 g/mol. The van der Waals surface area contributed by atoms with E-state index in [-0.39, 0.29) is 44.0 Å². The lowest BCUT2D eigenvalue weighted by molar-refractivity contribution is -0.167. The molecular formula is C68H104O6. The minimum Gasteiger partial charge on any atom is -0.462 e. The van der Waals surface area contributed by atoms with Crippen LogP contribution in [0.1, 0.15) is 220 Å². The molecule has 0 radical (unpaired) electrons. The van der Waals surface area contributed by atoms with Crippen molar-refractivity contribution in [3.05, 3.63) is 170 Å². The minimum absolute atomic E-state index is 0.127. The summed E-state index contributed by atoms with van der Waals surface area (Å²) in [5.41, 5.74) is 0. The van der Waals surface area contributed by atoms with E-state index in [4.69, 9.17) is 14.2 Å². The molecule has 74 heavy (non-hydrogen) atoms. The molecule has 0 aliphatic heterocycles. The second-order valence-corrected chi connectivity index (χ2v) is 18.4. The van der Waals surface area contributed by atoms with Gasteiger partial charge in [0, 0.05) is 19.3 Å². The van der Waals surface area contributed by atoms with Gasteiger partial charge in [0.05, 0.1) is 0 Å². The molecule has 0 heterocycles. The molecule has 1 unspecified atom stereocenters. The Hall–Kier alpha value is -5.23. The highest BCUT2D eigenvalue weighted by Gasteiger charge is 2.19. The molecule has 0 saturated heterocycles.